The summed E-state index contributed by atoms with van der Waals surface area (Å²) in [5.41, 5.74) is 5.00. The van der Waals surface area contributed by atoms with Crippen molar-refractivity contribution >= 4 is 12.0 Å². The molecule has 7 nitrogen and oxygen atoms in total. The van der Waals surface area contributed by atoms with Crippen molar-refractivity contribution in [3.63, 3.8) is 0 Å². The molecule has 1 aromatic heterocycles. The van der Waals surface area contributed by atoms with Crippen LogP contribution in [0, 0.1) is 13.8 Å². The molecule has 174 valence electrons. The van der Waals surface area contributed by atoms with Crippen molar-refractivity contribution in [2.24, 2.45) is 0 Å². The largest absolute Gasteiger partial charge is 0.497 e. The lowest BCUT2D eigenvalue weighted by molar-refractivity contribution is -0.143. The van der Waals surface area contributed by atoms with Gasteiger partial charge >= 0.3 is 12.0 Å². The molecule has 0 saturated carbocycles. The SMILES string of the molecule is CCOC(=O)CC(NC(=O)NCc1cc(C)n(-c2ccc(OC)cc2)c1C)c1ccccc1. The van der Waals surface area contributed by atoms with E-state index in [-0.39, 0.29) is 18.4 Å². The van der Waals surface area contributed by atoms with Crippen LogP contribution in [0.5, 0.6) is 5.75 Å². The average molecular weight is 450 g/mol. The summed E-state index contributed by atoms with van der Waals surface area (Å²) in [5, 5.41) is 5.83. The normalized spacial score (nSPS) is 11.5. The van der Waals surface area contributed by atoms with Gasteiger partial charge in [0.25, 0.3) is 0 Å². The van der Waals surface area contributed by atoms with E-state index in [1.807, 2.05) is 68.4 Å². The fourth-order valence-electron chi connectivity index (χ4n) is 3.85. The summed E-state index contributed by atoms with van der Waals surface area (Å²) < 4.78 is 12.5. The zero-order valence-electron chi connectivity index (χ0n) is 19.6. The molecule has 1 unspecified atom stereocenters. The van der Waals surface area contributed by atoms with Crippen LogP contribution in [-0.2, 0) is 16.1 Å². The second-order valence-corrected chi connectivity index (χ2v) is 7.73. The summed E-state index contributed by atoms with van der Waals surface area (Å²) in [7, 11) is 1.64. The number of rotatable bonds is 9. The minimum absolute atomic E-state index is 0.0667. The third kappa shape index (κ3) is 6.16. The Labute approximate surface area is 194 Å². The van der Waals surface area contributed by atoms with Gasteiger partial charge < -0.3 is 24.7 Å². The first kappa shape index (κ1) is 23.9. The van der Waals surface area contributed by atoms with Crippen LogP contribution in [0.25, 0.3) is 5.69 Å². The number of aryl methyl sites for hydroxylation is 1. The third-order valence-corrected chi connectivity index (χ3v) is 5.49. The number of carbonyl (C=O) groups is 2. The van der Waals surface area contributed by atoms with Crippen LogP contribution in [0.4, 0.5) is 4.79 Å². The number of ether oxygens (including phenoxy) is 2. The fraction of sp³-hybridized carbons (Fsp3) is 0.308. The summed E-state index contributed by atoms with van der Waals surface area (Å²) >= 11 is 0. The van der Waals surface area contributed by atoms with Crippen molar-refractivity contribution in [2.75, 3.05) is 13.7 Å². The maximum atomic E-state index is 12.7. The molecule has 2 amide bonds. The zero-order chi connectivity index (χ0) is 23.8. The van der Waals surface area contributed by atoms with E-state index in [0.29, 0.717) is 13.2 Å². The monoisotopic (exact) mass is 449 g/mol. The van der Waals surface area contributed by atoms with Gasteiger partial charge in [-0.15, -0.1) is 0 Å². The lowest BCUT2D eigenvalue weighted by Gasteiger charge is -2.19. The number of hydrogen-bond acceptors (Lipinski definition) is 4. The van der Waals surface area contributed by atoms with Crippen molar-refractivity contribution < 1.29 is 19.1 Å². The standard InChI is InChI=1S/C26H31N3O4/c1-5-33-25(30)16-24(20-9-7-6-8-10-20)28-26(31)27-17-21-15-18(2)29(19(21)3)22-11-13-23(32-4)14-12-22/h6-15,24H,5,16-17H2,1-4H3,(H2,27,28,31). The highest BCUT2D eigenvalue weighted by molar-refractivity contribution is 5.76. The number of nitrogens with zero attached hydrogens (tertiary/aromatic N) is 1. The Bertz CT molecular complexity index is 1070. The first-order valence-electron chi connectivity index (χ1n) is 11.0. The predicted molar refractivity (Wildman–Crippen MR) is 128 cm³/mol. The highest BCUT2D eigenvalue weighted by atomic mass is 16.5. The topological polar surface area (TPSA) is 81.6 Å². The van der Waals surface area contributed by atoms with Gasteiger partial charge in [-0.05, 0) is 62.2 Å². The highest BCUT2D eigenvalue weighted by Gasteiger charge is 2.19. The van der Waals surface area contributed by atoms with Crippen molar-refractivity contribution in [1.29, 1.82) is 0 Å². The Balaban J connectivity index is 1.68. The second kappa shape index (κ2) is 11.2. The smallest absolute Gasteiger partial charge is 0.315 e. The van der Waals surface area contributed by atoms with Crippen LogP contribution in [-0.4, -0.2) is 30.3 Å². The number of carbonyl (C=O) groups excluding carboxylic acids is 2. The quantitative estimate of drug-likeness (QED) is 0.468. The van der Waals surface area contributed by atoms with E-state index in [1.165, 1.54) is 0 Å². The van der Waals surface area contributed by atoms with Crippen LogP contribution in [0.3, 0.4) is 0 Å². The number of aromatic nitrogens is 1. The molecule has 3 aromatic rings. The summed E-state index contributed by atoms with van der Waals surface area (Å²) in [6.07, 6.45) is 0.0667. The van der Waals surface area contributed by atoms with Crippen LogP contribution >= 0.6 is 0 Å². The van der Waals surface area contributed by atoms with Gasteiger partial charge in [0, 0.05) is 23.6 Å². The summed E-state index contributed by atoms with van der Waals surface area (Å²) in [4.78, 5) is 24.7. The molecule has 7 heteroatoms. The molecule has 0 spiro atoms. The number of esters is 1. The Morgan fingerprint density at radius 3 is 2.36 bits per heavy atom. The number of amides is 2. The van der Waals surface area contributed by atoms with E-state index in [9.17, 15) is 9.59 Å². The van der Waals surface area contributed by atoms with Crippen LogP contribution < -0.4 is 15.4 Å². The number of nitrogens with one attached hydrogen (secondary N) is 2. The molecule has 3 rings (SSSR count). The molecule has 2 N–H and O–H groups in total. The number of hydrogen-bond donors (Lipinski definition) is 2. The molecule has 0 aliphatic rings. The van der Waals surface area contributed by atoms with Gasteiger partial charge in [0.15, 0.2) is 0 Å². The number of urea groups is 1. The van der Waals surface area contributed by atoms with Gasteiger partial charge in [0.2, 0.25) is 0 Å². The van der Waals surface area contributed by atoms with Crippen LogP contribution in [0.15, 0.2) is 60.7 Å². The molecule has 0 bridgehead atoms. The van der Waals surface area contributed by atoms with Gasteiger partial charge in [-0.25, -0.2) is 4.79 Å². The van der Waals surface area contributed by atoms with E-state index >= 15 is 0 Å². The summed E-state index contributed by atoms with van der Waals surface area (Å²) in [6, 6.07) is 18.5. The van der Waals surface area contributed by atoms with Crippen molar-refractivity contribution in [2.45, 2.75) is 39.8 Å². The van der Waals surface area contributed by atoms with Gasteiger partial charge in [0.1, 0.15) is 5.75 Å². The highest BCUT2D eigenvalue weighted by Crippen LogP contribution is 2.23. The first-order chi connectivity index (χ1) is 15.9. The molecular formula is C26H31N3O4. The minimum Gasteiger partial charge on any atom is -0.497 e. The van der Waals surface area contributed by atoms with E-state index in [4.69, 9.17) is 9.47 Å². The van der Waals surface area contributed by atoms with E-state index in [0.717, 1.165) is 34.0 Å². The predicted octanol–water partition coefficient (Wildman–Crippen LogP) is 4.60. The lowest BCUT2D eigenvalue weighted by atomic mass is 10.0. The molecule has 0 saturated heterocycles. The molecule has 2 aromatic carbocycles. The molecule has 0 aliphatic heterocycles. The third-order valence-electron chi connectivity index (χ3n) is 5.49. The molecule has 1 atom stereocenters. The van der Waals surface area contributed by atoms with Gasteiger partial charge in [-0.2, -0.15) is 0 Å². The lowest BCUT2D eigenvalue weighted by Crippen LogP contribution is -2.38. The molecule has 0 aliphatic carbocycles. The van der Waals surface area contributed by atoms with Crippen molar-refractivity contribution in [3.05, 3.63) is 83.2 Å². The van der Waals surface area contributed by atoms with E-state index in [2.05, 4.69) is 21.3 Å². The van der Waals surface area contributed by atoms with Crippen LogP contribution in [0.1, 0.15) is 41.9 Å². The molecule has 0 fully saturated rings. The minimum atomic E-state index is -0.475. The molecular weight excluding hydrogens is 418 g/mol. The maximum Gasteiger partial charge on any atom is 0.315 e. The Morgan fingerprint density at radius 1 is 1.03 bits per heavy atom. The van der Waals surface area contributed by atoms with Crippen LogP contribution in [0.2, 0.25) is 0 Å². The Hall–Kier alpha value is -3.74. The molecule has 1 heterocycles. The summed E-state index contributed by atoms with van der Waals surface area (Å²) in [5.74, 6) is 0.449. The summed E-state index contributed by atoms with van der Waals surface area (Å²) in [6.45, 7) is 6.49. The van der Waals surface area contributed by atoms with Gasteiger partial charge in [-0.1, -0.05) is 30.3 Å². The Morgan fingerprint density at radius 2 is 1.73 bits per heavy atom. The maximum absolute atomic E-state index is 12.7. The van der Waals surface area contributed by atoms with E-state index in [1.54, 1.807) is 14.0 Å². The second-order valence-electron chi connectivity index (χ2n) is 7.73. The number of benzene rings is 2. The first-order valence-corrected chi connectivity index (χ1v) is 11.0. The fourth-order valence-corrected chi connectivity index (χ4v) is 3.85. The van der Waals surface area contributed by atoms with Crippen molar-refractivity contribution in [3.8, 4) is 11.4 Å². The van der Waals surface area contributed by atoms with Gasteiger partial charge in [0.05, 0.1) is 26.2 Å². The van der Waals surface area contributed by atoms with Gasteiger partial charge in [-0.3, -0.25) is 4.79 Å². The Kier molecular flexibility index (Phi) is 8.13. The average Bonchev–Trinajstić information content (AvgIpc) is 3.11. The van der Waals surface area contributed by atoms with E-state index < -0.39 is 6.04 Å². The molecule has 33 heavy (non-hydrogen) atoms. The molecule has 0 radical (unpaired) electrons. The van der Waals surface area contributed by atoms with Crippen molar-refractivity contribution in [1.82, 2.24) is 15.2 Å². The number of methoxy groups -OCH3 is 1. The zero-order valence-corrected chi connectivity index (χ0v) is 19.6.